The fourth-order valence-electron chi connectivity index (χ4n) is 3.46. The summed E-state index contributed by atoms with van der Waals surface area (Å²) >= 11 is 5.52. The lowest BCUT2D eigenvalue weighted by atomic mass is 9.94. The number of anilines is 1. The Balaban J connectivity index is 1.76. The summed E-state index contributed by atoms with van der Waals surface area (Å²) in [5, 5.41) is 4.30. The lowest BCUT2D eigenvalue weighted by Gasteiger charge is -2.40. The van der Waals surface area contributed by atoms with Crippen LogP contribution in [-0.2, 0) is 0 Å². The highest BCUT2D eigenvalue weighted by molar-refractivity contribution is 7.80. The topological polar surface area (TPSA) is 19.7 Å². The van der Waals surface area contributed by atoms with Crippen molar-refractivity contribution in [2.75, 3.05) is 18.2 Å². The third-order valence-corrected chi connectivity index (χ3v) is 5.03. The molecule has 1 aliphatic carbocycles. The van der Waals surface area contributed by atoms with Gasteiger partial charge in [0.1, 0.15) is 0 Å². The molecule has 0 spiro atoms. The first kappa shape index (κ1) is 13.8. The summed E-state index contributed by atoms with van der Waals surface area (Å²) in [5.41, 5.74) is 2.54. The van der Waals surface area contributed by atoms with Crippen LogP contribution in [0.5, 0.6) is 0 Å². The minimum Gasteiger partial charge on any atom is -0.315 e. The largest absolute Gasteiger partial charge is 0.315 e. The van der Waals surface area contributed by atoms with Crippen molar-refractivity contribution in [2.24, 2.45) is 0 Å². The molecule has 3 nitrogen and oxygen atoms in total. The molecular formula is C16H24N3S+. The van der Waals surface area contributed by atoms with Gasteiger partial charge >= 0.3 is 0 Å². The highest BCUT2D eigenvalue weighted by Gasteiger charge is 2.31. The predicted molar refractivity (Wildman–Crippen MR) is 87.0 cm³/mol. The summed E-state index contributed by atoms with van der Waals surface area (Å²) in [7, 11) is 0. The van der Waals surface area contributed by atoms with Crippen molar-refractivity contribution in [2.45, 2.75) is 45.1 Å². The van der Waals surface area contributed by atoms with Crippen LogP contribution >= 0.6 is 12.2 Å². The number of hydrogen-bond donors (Lipinski definition) is 2. The molecule has 4 heteroatoms. The predicted octanol–water partition coefficient (Wildman–Crippen LogP) is 1.82. The third-order valence-electron chi connectivity index (χ3n) is 4.66. The number of hydrogen-bond acceptors (Lipinski definition) is 1. The first-order chi connectivity index (χ1) is 9.75. The van der Waals surface area contributed by atoms with Crippen molar-refractivity contribution in [3.63, 3.8) is 0 Å². The SMILES string of the molecule is Cc1ccccc1N1C[NH+](C2CCCCC2)CNC1=S. The molecule has 1 atom stereocenters. The molecule has 3 rings (SSSR count). The average molecular weight is 290 g/mol. The molecule has 1 unspecified atom stereocenters. The van der Waals surface area contributed by atoms with E-state index in [1.807, 2.05) is 0 Å². The van der Waals surface area contributed by atoms with Gasteiger partial charge in [-0.05, 0) is 56.5 Å². The Morgan fingerprint density at radius 1 is 1.20 bits per heavy atom. The second-order valence-corrected chi connectivity index (χ2v) is 6.41. The number of nitrogens with zero attached hydrogens (tertiary/aromatic N) is 1. The van der Waals surface area contributed by atoms with Gasteiger partial charge < -0.3 is 5.32 Å². The summed E-state index contributed by atoms with van der Waals surface area (Å²) in [6.45, 7) is 4.14. The normalized spacial score (nSPS) is 24.6. The number of quaternary nitrogens is 1. The Kier molecular flexibility index (Phi) is 4.22. The molecule has 1 aromatic rings. The number of aryl methyl sites for hydroxylation is 1. The minimum absolute atomic E-state index is 0.797. The molecule has 2 aliphatic rings. The van der Waals surface area contributed by atoms with Crippen molar-refractivity contribution >= 4 is 23.0 Å². The van der Waals surface area contributed by atoms with Crippen LogP contribution in [-0.4, -0.2) is 24.5 Å². The van der Waals surface area contributed by atoms with E-state index in [2.05, 4.69) is 41.4 Å². The highest BCUT2D eigenvalue weighted by atomic mass is 32.1. The van der Waals surface area contributed by atoms with Crippen molar-refractivity contribution in [1.29, 1.82) is 0 Å². The summed E-state index contributed by atoms with van der Waals surface area (Å²) in [6, 6.07) is 9.32. The van der Waals surface area contributed by atoms with E-state index < -0.39 is 0 Å². The first-order valence-electron chi connectivity index (χ1n) is 7.71. The van der Waals surface area contributed by atoms with Gasteiger partial charge in [0.15, 0.2) is 18.4 Å². The van der Waals surface area contributed by atoms with Crippen LogP contribution in [0.1, 0.15) is 37.7 Å². The van der Waals surface area contributed by atoms with E-state index in [9.17, 15) is 0 Å². The van der Waals surface area contributed by atoms with Gasteiger partial charge in [-0.1, -0.05) is 24.6 Å². The number of rotatable bonds is 2. The fourth-order valence-corrected chi connectivity index (χ4v) is 3.70. The van der Waals surface area contributed by atoms with E-state index >= 15 is 0 Å². The zero-order valence-electron chi connectivity index (χ0n) is 12.2. The summed E-state index contributed by atoms with van der Waals surface area (Å²) in [4.78, 5) is 3.92. The van der Waals surface area contributed by atoms with Crippen LogP contribution in [0.4, 0.5) is 5.69 Å². The zero-order valence-corrected chi connectivity index (χ0v) is 13.0. The standard InChI is InChI=1S/C16H23N3S/c1-13-7-5-6-10-15(13)19-12-18(11-17-16(19)20)14-8-3-2-4-9-14/h5-7,10,14H,2-4,8-9,11-12H2,1H3,(H,17,20)/p+1. The van der Waals surface area contributed by atoms with Gasteiger partial charge in [-0.25, -0.2) is 0 Å². The zero-order chi connectivity index (χ0) is 13.9. The average Bonchev–Trinajstić information content (AvgIpc) is 2.49. The van der Waals surface area contributed by atoms with Gasteiger partial charge in [-0.3, -0.25) is 9.80 Å². The van der Waals surface area contributed by atoms with Gasteiger partial charge in [0.2, 0.25) is 0 Å². The molecule has 0 radical (unpaired) electrons. The van der Waals surface area contributed by atoms with Crippen molar-refractivity contribution < 1.29 is 4.90 Å². The monoisotopic (exact) mass is 290 g/mol. The first-order valence-corrected chi connectivity index (χ1v) is 8.12. The van der Waals surface area contributed by atoms with Gasteiger partial charge in [0.05, 0.1) is 11.7 Å². The second kappa shape index (κ2) is 6.10. The lowest BCUT2D eigenvalue weighted by Crippen LogP contribution is -3.20. The quantitative estimate of drug-likeness (QED) is 0.811. The molecule has 2 N–H and O–H groups in total. The van der Waals surface area contributed by atoms with E-state index in [4.69, 9.17) is 12.2 Å². The molecule has 20 heavy (non-hydrogen) atoms. The Morgan fingerprint density at radius 2 is 1.95 bits per heavy atom. The van der Waals surface area contributed by atoms with Gasteiger partial charge in [-0.2, -0.15) is 0 Å². The van der Waals surface area contributed by atoms with E-state index in [1.165, 1.54) is 43.4 Å². The number of thiocarbonyl (C=S) groups is 1. The molecule has 108 valence electrons. The summed E-state index contributed by atoms with van der Waals surface area (Å²) < 4.78 is 0. The van der Waals surface area contributed by atoms with Crippen LogP contribution < -0.4 is 15.1 Å². The van der Waals surface area contributed by atoms with Crippen LogP contribution in [0.3, 0.4) is 0 Å². The van der Waals surface area contributed by atoms with Gasteiger partial charge in [0, 0.05) is 0 Å². The fraction of sp³-hybridized carbons (Fsp3) is 0.562. The molecular weight excluding hydrogens is 266 g/mol. The highest BCUT2D eigenvalue weighted by Crippen LogP contribution is 2.20. The molecule has 2 fully saturated rings. The second-order valence-electron chi connectivity index (χ2n) is 6.02. The van der Waals surface area contributed by atoms with Crippen LogP contribution in [0.2, 0.25) is 0 Å². The van der Waals surface area contributed by atoms with E-state index in [1.54, 1.807) is 4.90 Å². The van der Waals surface area contributed by atoms with Crippen molar-refractivity contribution in [3.05, 3.63) is 29.8 Å². The van der Waals surface area contributed by atoms with Crippen LogP contribution in [0.15, 0.2) is 24.3 Å². The van der Waals surface area contributed by atoms with Crippen LogP contribution in [0, 0.1) is 6.92 Å². The molecule has 0 aromatic heterocycles. The number of nitrogens with one attached hydrogen (secondary N) is 2. The van der Waals surface area contributed by atoms with Crippen molar-refractivity contribution in [3.8, 4) is 0 Å². The maximum Gasteiger partial charge on any atom is 0.182 e. The molecule has 0 bridgehead atoms. The molecule has 0 amide bonds. The lowest BCUT2D eigenvalue weighted by molar-refractivity contribution is -0.929. The van der Waals surface area contributed by atoms with Gasteiger partial charge in [0.25, 0.3) is 0 Å². The minimum atomic E-state index is 0.797. The van der Waals surface area contributed by atoms with E-state index in [-0.39, 0.29) is 0 Å². The summed E-state index contributed by atoms with van der Waals surface area (Å²) in [6.07, 6.45) is 6.93. The van der Waals surface area contributed by atoms with Crippen LogP contribution in [0.25, 0.3) is 0 Å². The van der Waals surface area contributed by atoms with Crippen molar-refractivity contribution in [1.82, 2.24) is 5.32 Å². The molecule has 1 heterocycles. The number of benzene rings is 1. The third kappa shape index (κ3) is 2.81. The Hall–Kier alpha value is -1.13. The maximum absolute atomic E-state index is 5.52. The smallest absolute Gasteiger partial charge is 0.182 e. The molecule has 1 saturated heterocycles. The molecule has 1 aromatic carbocycles. The Labute approximate surface area is 126 Å². The van der Waals surface area contributed by atoms with E-state index in [0.29, 0.717) is 0 Å². The molecule has 1 saturated carbocycles. The molecule has 1 aliphatic heterocycles. The maximum atomic E-state index is 5.52. The Morgan fingerprint density at radius 3 is 2.70 bits per heavy atom. The van der Waals surface area contributed by atoms with E-state index in [0.717, 1.165) is 24.5 Å². The van der Waals surface area contributed by atoms with Gasteiger partial charge in [-0.15, -0.1) is 0 Å². The number of para-hydroxylation sites is 1. The summed E-state index contributed by atoms with van der Waals surface area (Å²) in [5.74, 6) is 0. The Bertz CT molecular complexity index is 482.